The first kappa shape index (κ1) is 17.8. The van der Waals surface area contributed by atoms with Crippen LogP contribution in [0, 0.1) is 0 Å². The second kappa shape index (κ2) is 6.74. The summed E-state index contributed by atoms with van der Waals surface area (Å²) in [5.74, 6) is 0.0254. The van der Waals surface area contributed by atoms with Gasteiger partial charge in [0.1, 0.15) is 15.0 Å². The molecule has 25 heavy (non-hydrogen) atoms. The zero-order valence-corrected chi connectivity index (χ0v) is 15.8. The number of ether oxygens (including phenoxy) is 1. The molecule has 130 valence electrons. The number of benzene rings is 1. The Kier molecular flexibility index (Phi) is 4.81. The maximum absolute atomic E-state index is 12.0. The Bertz CT molecular complexity index is 1030. The van der Waals surface area contributed by atoms with Crippen molar-refractivity contribution in [3.8, 4) is 5.75 Å². The molecule has 1 fully saturated rings. The van der Waals surface area contributed by atoms with Crippen LogP contribution in [0.4, 0.5) is 0 Å². The Balaban J connectivity index is 2.19. The van der Waals surface area contributed by atoms with Crippen molar-refractivity contribution in [3.63, 3.8) is 0 Å². The number of hydrogen-bond donors (Lipinski definition) is 1. The number of amides is 1. The van der Waals surface area contributed by atoms with E-state index in [2.05, 4.69) is 10.3 Å². The number of hydrogen-bond acceptors (Lipinski definition) is 7. The van der Waals surface area contributed by atoms with Gasteiger partial charge in [0.05, 0.1) is 23.2 Å². The second-order valence-electron chi connectivity index (χ2n) is 5.29. The van der Waals surface area contributed by atoms with Gasteiger partial charge >= 0.3 is 0 Å². The molecule has 1 amide bonds. The van der Waals surface area contributed by atoms with Crippen molar-refractivity contribution in [1.82, 2.24) is 10.3 Å². The maximum atomic E-state index is 12.0. The fourth-order valence-corrected chi connectivity index (χ4v) is 4.18. The van der Waals surface area contributed by atoms with Gasteiger partial charge in [-0.3, -0.25) is 9.78 Å². The van der Waals surface area contributed by atoms with E-state index in [1.807, 2.05) is 0 Å². The molecule has 1 N–H and O–H groups in total. The van der Waals surface area contributed by atoms with Gasteiger partial charge in [-0.15, -0.1) is 0 Å². The number of nitrogens with zero attached hydrogens (tertiary/aromatic N) is 1. The Morgan fingerprint density at radius 3 is 2.76 bits per heavy atom. The van der Waals surface area contributed by atoms with Crippen LogP contribution in [0.3, 0.4) is 0 Å². The van der Waals surface area contributed by atoms with Crippen LogP contribution < -0.4 is 10.1 Å². The molecule has 2 heterocycles. The van der Waals surface area contributed by atoms with Gasteiger partial charge in [-0.1, -0.05) is 30.0 Å². The Hall–Kier alpha value is -1.97. The van der Waals surface area contributed by atoms with Gasteiger partial charge in [0, 0.05) is 11.6 Å². The third-order valence-corrected chi connectivity index (χ3v) is 5.69. The highest BCUT2D eigenvalue weighted by atomic mass is 32.2. The van der Waals surface area contributed by atoms with Crippen molar-refractivity contribution in [2.45, 2.75) is 11.8 Å². The first-order valence-corrected chi connectivity index (χ1v) is 10.4. The van der Waals surface area contributed by atoms with E-state index in [-0.39, 0.29) is 16.6 Å². The molecule has 0 spiro atoms. The summed E-state index contributed by atoms with van der Waals surface area (Å²) in [6, 6.07) is 5.31. The first-order chi connectivity index (χ1) is 11.8. The third kappa shape index (κ3) is 3.68. The van der Waals surface area contributed by atoms with Gasteiger partial charge in [-0.25, -0.2) is 8.42 Å². The molecular formula is C16H14N2O4S3. The lowest BCUT2D eigenvalue weighted by Gasteiger charge is -2.12. The predicted octanol–water partition coefficient (Wildman–Crippen LogP) is 2.53. The molecule has 0 unspecified atom stereocenters. The third-order valence-electron chi connectivity index (χ3n) is 3.44. The van der Waals surface area contributed by atoms with Crippen molar-refractivity contribution < 1.29 is 17.9 Å². The molecule has 1 aliphatic heterocycles. The lowest BCUT2D eigenvalue weighted by molar-refractivity contribution is -0.115. The average Bonchev–Trinajstić information content (AvgIpc) is 2.84. The van der Waals surface area contributed by atoms with Gasteiger partial charge in [0.15, 0.2) is 9.84 Å². The summed E-state index contributed by atoms with van der Waals surface area (Å²) in [6.07, 6.45) is 4.12. The quantitative estimate of drug-likeness (QED) is 0.630. The zero-order chi connectivity index (χ0) is 18.2. The van der Waals surface area contributed by atoms with Crippen LogP contribution in [0.1, 0.15) is 12.5 Å². The molecule has 1 aromatic carbocycles. The van der Waals surface area contributed by atoms with E-state index in [0.717, 1.165) is 11.8 Å². The van der Waals surface area contributed by atoms with Crippen molar-refractivity contribution >= 4 is 61.0 Å². The highest BCUT2D eigenvalue weighted by molar-refractivity contribution is 8.26. The largest absolute Gasteiger partial charge is 0.492 e. The summed E-state index contributed by atoms with van der Waals surface area (Å²) in [7, 11) is -3.49. The van der Waals surface area contributed by atoms with E-state index in [0.29, 0.717) is 26.7 Å². The van der Waals surface area contributed by atoms with E-state index in [9.17, 15) is 13.2 Å². The van der Waals surface area contributed by atoms with Crippen molar-refractivity contribution in [2.24, 2.45) is 0 Å². The number of pyridine rings is 1. The summed E-state index contributed by atoms with van der Waals surface area (Å²) in [6.45, 7) is 2.10. The molecule has 3 rings (SSSR count). The number of rotatable bonds is 4. The normalized spacial score (nSPS) is 16.5. The SMILES string of the molecule is CCOc1c(S(C)(=O)=O)cnc2ccc(/C=C3\SC(=S)NC3=O)cc12. The number of carbonyl (C=O) groups is 1. The van der Waals surface area contributed by atoms with Gasteiger partial charge in [0.2, 0.25) is 0 Å². The van der Waals surface area contributed by atoms with Crippen LogP contribution in [0.5, 0.6) is 5.75 Å². The molecular weight excluding hydrogens is 380 g/mol. The number of fused-ring (bicyclic) bond motifs is 1. The van der Waals surface area contributed by atoms with Gasteiger partial charge in [-0.2, -0.15) is 0 Å². The van der Waals surface area contributed by atoms with Crippen molar-refractivity contribution in [1.29, 1.82) is 0 Å². The molecule has 2 aromatic rings. The van der Waals surface area contributed by atoms with E-state index < -0.39 is 9.84 Å². The van der Waals surface area contributed by atoms with Gasteiger partial charge in [0.25, 0.3) is 5.91 Å². The van der Waals surface area contributed by atoms with Gasteiger partial charge < -0.3 is 10.1 Å². The average molecular weight is 394 g/mol. The standard InChI is InChI=1S/C16H14N2O4S3/c1-3-22-14-10-6-9(7-12-15(19)18-16(23)24-12)4-5-11(10)17-8-13(14)25(2,20)21/h4-8H,3H2,1-2H3,(H,18,19,23)/b12-7-. The number of thioether (sulfide) groups is 1. The van der Waals surface area contributed by atoms with Crippen LogP contribution in [0.2, 0.25) is 0 Å². The summed E-state index contributed by atoms with van der Waals surface area (Å²) < 4.78 is 30.0. The number of aromatic nitrogens is 1. The highest BCUT2D eigenvalue weighted by Gasteiger charge is 2.22. The molecule has 6 nitrogen and oxygen atoms in total. The maximum Gasteiger partial charge on any atom is 0.263 e. The molecule has 9 heteroatoms. The molecule has 1 aromatic heterocycles. The summed E-state index contributed by atoms with van der Waals surface area (Å²) >= 11 is 6.16. The summed E-state index contributed by atoms with van der Waals surface area (Å²) in [5, 5.41) is 3.13. The number of nitrogens with one attached hydrogen (secondary N) is 1. The fourth-order valence-electron chi connectivity index (χ4n) is 2.39. The van der Waals surface area contributed by atoms with E-state index >= 15 is 0 Å². The Morgan fingerprint density at radius 1 is 1.40 bits per heavy atom. The number of sulfone groups is 1. The van der Waals surface area contributed by atoms with Gasteiger partial charge in [-0.05, 0) is 30.7 Å². The van der Waals surface area contributed by atoms with Crippen LogP contribution in [0.25, 0.3) is 17.0 Å². The molecule has 0 bridgehead atoms. The topological polar surface area (TPSA) is 85.4 Å². The summed E-state index contributed by atoms with van der Waals surface area (Å²) in [4.78, 5) is 16.5. The second-order valence-corrected chi connectivity index (χ2v) is 8.99. The van der Waals surface area contributed by atoms with E-state index in [1.165, 1.54) is 18.0 Å². The zero-order valence-electron chi connectivity index (χ0n) is 13.4. The molecule has 0 atom stereocenters. The molecule has 1 aliphatic rings. The number of thiocarbonyl (C=S) groups is 1. The molecule has 0 aliphatic carbocycles. The monoisotopic (exact) mass is 394 g/mol. The van der Waals surface area contributed by atoms with Crippen molar-refractivity contribution in [2.75, 3.05) is 12.9 Å². The van der Waals surface area contributed by atoms with E-state index in [4.69, 9.17) is 17.0 Å². The lowest BCUT2D eigenvalue weighted by Crippen LogP contribution is -2.17. The van der Waals surface area contributed by atoms with Crippen LogP contribution >= 0.6 is 24.0 Å². The minimum atomic E-state index is -3.49. The molecule has 0 radical (unpaired) electrons. The Labute approximate surface area is 154 Å². The minimum Gasteiger partial charge on any atom is -0.492 e. The lowest BCUT2D eigenvalue weighted by atomic mass is 10.1. The highest BCUT2D eigenvalue weighted by Crippen LogP contribution is 2.33. The number of carbonyl (C=O) groups excluding carboxylic acids is 1. The smallest absolute Gasteiger partial charge is 0.263 e. The predicted molar refractivity (Wildman–Crippen MR) is 102 cm³/mol. The van der Waals surface area contributed by atoms with E-state index in [1.54, 1.807) is 31.2 Å². The molecule has 0 saturated carbocycles. The Morgan fingerprint density at radius 2 is 2.16 bits per heavy atom. The van der Waals surface area contributed by atoms with Crippen LogP contribution in [-0.2, 0) is 14.6 Å². The summed E-state index contributed by atoms with van der Waals surface area (Å²) in [5.41, 5.74) is 1.33. The van der Waals surface area contributed by atoms with Crippen LogP contribution in [0.15, 0.2) is 34.2 Å². The molecule has 1 saturated heterocycles. The van der Waals surface area contributed by atoms with Crippen LogP contribution in [-0.4, -0.2) is 36.5 Å². The fraction of sp³-hybridized carbons (Fsp3) is 0.188. The minimum absolute atomic E-state index is 0.0424. The first-order valence-electron chi connectivity index (χ1n) is 7.30. The van der Waals surface area contributed by atoms with Crippen molar-refractivity contribution in [3.05, 3.63) is 34.9 Å².